The largest absolute Gasteiger partial charge is 0.355 e. The van der Waals surface area contributed by atoms with E-state index in [2.05, 4.69) is 35.7 Å². The zero-order valence-corrected chi connectivity index (χ0v) is 13.0. The van der Waals surface area contributed by atoms with E-state index in [-0.39, 0.29) is 0 Å². The zero-order valence-electron chi connectivity index (χ0n) is 12.3. The molecule has 106 valence electrons. The molecule has 0 saturated carbocycles. The highest BCUT2D eigenvalue weighted by Gasteiger charge is 2.19. The fraction of sp³-hybridized carbons (Fsp3) is 0.714. The van der Waals surface area contributed by atoms with Crippen molar-refractivity contribution in [3.05, 3.63) is 16.5 Å². The van der Waals surface area contributed by atoms with Gasteiger partial charge in [0.2, 0.25) is 0 Å². The first-order valence-corrected chi connectivity index (χ1v) is 7.34. The van der Waals surface area contributed by atoms with E-state index in [1.165, 1.54) is 0 Å². The Morgan fingerprint density at radius 3 is 2.53 bits per heavy atom. The summed E-state index contributed by atoms with van der Waals surface area (Å²) in [7, 11) is 2.17. The van der Waals surface area contributed by atoms with Crippen LogP contribution in [0.1, 0.15) is 37.6 Å². The van der Waals surface area contributed by atoms with Crippen molar-refractivity contribution in [1.29, 1.82) is 0 Å². The average Bonchev–Trinajstić information content (AvgIpc) is 2.57. The molecule has 1 fully saturated rings. The average molecular weight is 283 g/mol. The van der Waals surface area contributed by atoms with Crippen LogP contribution >= 0.6 is 11.6 Å². The van der Waals surface area contributed by atoms with Gasteiger partial charge in [-0.05, 0) is 26.9 Å². The Morgan fingerprint density at radius 1 is 1.11 bits per heavy atom. The summed E-state index contributed by atoms with van der Waals surface area (Å²) < 4.78 is 0. The highest BCUT2D eigenvalue weighted by atomic mass is 35.5. The lowest BCUT2D eigenvalue weighted by Gasteiger charge is -2.24. The maximum absolute atomic E-state index is 6.26. The molecule has 0 unspecified atom stereocenters. The number of hydrogen-bond acceptors (Lipinski definition) is 4. The van der Waals surface area contributed by atoms with E-state index >= 15 is 0 Å². The molecule has 2 heterocycles. The molecule has 1 aliphatic heterocycles. The van der Waals surface area contributed by atoms with Gasteiger partial charge in [-0.1, -0.05) is 25.4 Å². The molecule has 0 N–H and O–H groups in total. The third kappa shape index (κ3) is 3.37. The molecular formula is C14H23ClN4. The third-order valence-corrected chi connectivity index (χ3v) is 3.98. The van der Waals surface area contributed by atoms with Crippen LogP contribution in [0.4, 0.5) is 5.82 Å². The van der Waals surface area contributed by atoms with Crippen molar-refractivity contribution in [3.63, 3.8) is 0 Å². The maximum Gasteiger partial charge on any atom is 0.137 e. The normalized spacial score (nSPS) is 17.9. The molecule has 0 atom stereocenters. The lowest BCUT2D eigenvalue weighted by atomic mass is 10.2. The summed E-state index contributed by atoms with van der Waals surface area (Å²) in [5, 5.41) is 0.589. The molecule has 19 heavy (non-hydrogen) atoms. The Labute approximate surface area is 120 Å². The molecule has 0 bridgehead atoms. The molecule has 1 saturated heterocycles. The van der Waals surface area contributed by atoms with Gasteiger partial charge < -0.3 is 9.80 Å². The summed E-state index contributed by atoms with van der Waals surface area (Å²) in [6, 6.07) is 0. The predicted molar refractivity (Wildman–Crippen MR) is 80.2 cm³/mol. The first-order valence-electron chi connectivity index (χ1n) is 6.96. The van der Waals surface area contributed by atoms with Gasteiger partial charge in [0.05, 0.1) is 0 Å². The number of rotatable bonds is 2. The molecule has 1 aliphatic rings. The SMILES string of the molecule is Cc1c(Cl)nc(C(C)C)nc1N1CCCN(C)CC1. The van der Waals surface area contributed by atoms with Gasteiger partial charge in [-0.25, -0.2) is 9.97 Å². The standard InChI is InChI=1S/C14H23ClN4/c1-10(2)13-16-12(15)11(3)14(17-13)19-7-5-6-18(4)8-9-19/h10H,5-9H2,1-4H3. The monoisotopic (exact) mass is 282 g/mol. The predicted octanol–water partition coefficient (Wildman–Crippen LogP) is 2.70. The first kappa shape index (κ1) is 14.5. The van der Waals surface area contributed by atoms with Crippen molar-refractivity contribution in [3.8, 4) is 0 Å². The van der Waals surface area contributed by atoms with E-state index in [1.807, 2.05) is 6.92 Å². The molecule has 0 aromatic carbocycles. The second-order valence-corrected chi connectivity index (χ2v) is 5.98. The Kier molecular flexibility index (Phi) is 4.63. The molecule has 1 aromatic heterocycles. The number of nitrogens with zero attached hydrogens (tertiary/aromatic N) is 4. The minimum atomic E-state index is 0.298. The summed E-state index contributed by atoms with van der Waals surface area (Å²) in [6.45, 7) is 10.5. The molecule has 0 amide bonds. The topological polar surface area (TPSA) is 32.3 Å². The van der Waals surface area contributed by atoms with Crippen LogP contribution < -0.4 is 4.90 Å². The second kappa shape index (κ2) is 6.06. The Hall–Kier alpha value is -0.870. The number of aromatic nitrogens is 2. The number of likely N-dealkylation sites (N-methyl/N-ethyl adjacent to an activating group) is 1. The van der Waals surface area contributed by atoms with Crippen molar-refractivity contribution in [1.82, 2.24) is 14.9 Å². The molecule has 2 rings (SSSR count). The lowest BCUT2D eigenvalue weighted by Crippen LogP contribution is -2.30. The zero-order chi connectivity index (χ0) is 14.0. The van der Waals surface area contributed by atoms with E-state index in [0.717, 1.165) is 49.8 Å². The summed E-state index contributed by atoms with van der Waals surface area (Å²) in [6.07, 6.45) is 1.16. The van der Waals surface area contributed by atoms with Crippen molar-refractivity contribution < 1.29 is 0 Å². The summed E-state index contributed by atoms with van der Waals surface area (Å²) in [5.74, 6) is 2.15. The van der Waals surface area contributed by atoms with Gasteiger partial charge in [-0.3, -0.25) is 0 Å². The smallest absolute Gasteiger partial charge is 0.137 e. The molecule has 4 nitrogen and oxygen atoms in total. The van der Waals surface area contributed by atoms with Crippen LogP contribution in [0.25, 0.3) is 0 Å². The van der Waals surface area contributed by atoms with Crippen molar-refractivity contribution in [2.24, 2.45) is 0 Å². The van der Waals surface area contributed by atoms with E-state index in [1.54, 1.807) is 0 Å². The minimum Gasteiger partial charge on any atom is -0.355 e. The van der Waals surface area contributed by atoms with Crippen molar-refractivity contribution in [2.75, 3.05) is 38.1 Å². The van der Waals surface area contributed by atoms with Crippen molar-refractivity contribution >= 4 is 17.4 Å². The minimum absolute atomic E-state index is 0.298. The molecule has 5 heteroatoms. The maximum atomic E-state index is 6.26. The Morgan fingerprint density at radius 2 is 1.84 bits per heavy atom. The molecule has 0 radical (unpaired) electrons. The van der Waals surface area contributed by atoms with Gasteiger partial charge in [0.1, 0.15) is 16.8 Å². The highest BCUT2D eigenvalue weighted by Crippen LogP contribution is 2.26. The van der Waals surface area contributed by atoms with E-state index in [0.29, 0.717) is 11.1 Å². The van der Waals surface area contributed by atoms with Crippen LogP contribution in [0.5, 0.6) is 0 Å². The number of anilines is 1. The quantitative estimate of drug-likeness (QED) is 0.781. The van der Waals surface area contributed by atoms with E-state index < -0.39 is 0 Å². The molecule has 0 spiro atoms. The summed E-state index contributed by atoms with van der Waals surface area (Å²) in [5.41, 5.74) is 0.996. The number of hydrogen-bond donors (Lipinski definition) is 0. The Balaban J connectivity index is 2.32. The van der Waals surface area contributed by atoms with Gasteiger partial charge in [0.25, 0.3) is 0 Å². The van der Waals surface area contributed by atoms with Gasteiger partial charge in [0, 0.05) is 31.1 Å². The highest BCUT2D eigenvalue weighted by molar-refractivity contribution is 6.30. The molecular weight excluding hydrogens is 260 g/mol. The fourth-order valence-corrected chi connectivity index (χ4v) is 2.49. The lowest BCUT2D eigenvalue weighted by molar-refractivity contribution is 0.360. The van der Waals surface area contributed by atoms with Crippen LogP contribution in [-0.4, -0.2) is 48.1 Å². The molecule has 0 aliphatic carbocycles. The Bertz CT molecular complexity index is 447. The van der Waals surface area contributed by atoms with Crippen LogP contribution in [0, 0.1) is 6.92 Å². The first-order chi connectivity index (χ1) is 8.99. The van der Waals surface area contributed by atoms with Gasteiger partial charge in [0.15, 0.2) is 0 Å². The van der Waals surface area contributed by atoms with Gasteiger partial charge in [-0.2, -0.15) is 0 Å². The fourth-order valence-electron chi connectivity index (χ4n) is 2.32. The van der Waals surface area contributed by atoms with Crippen LogP contribution in [0.3, 0.4) is 0 Å². The summed E-state index contributed by atoms with van der Waals surface area (Å²) >= 11 is 6.26. The summed E-state index contributed by atoms with van der Waals surface area (Å²) in [4.78, 5) is 13.8. The van der Waals surface area contributed by atoms with Gasteiger partial charge in [-0.15, -0.1) is 0 Å². The number of halogens is 1. The second-order valence-electron chi connectivity index (χ2n) is 5.62. The van der Waals surface area contributed by atoms with Crippen LogP contribution in [0.15, 0.2) is 0 Å². The van der Waals surface area contributed by atoms with Crippen LogP contribution in [0.2, 0.25) is 5.15 Å². The molecule has 1 aromatic rings. The van der Waals surface area contributed by atoms with Gasteiger partial charge >= 0.3 is 0 Å². The van der Waals surface area contributed by atoms with Crippen molar-refractivity contribution in [2.45, 2.75) is 33.1 Å². The van der Waals surface area contributed by atoms with Crippen LogP contribution in [-0.2, 0) is 0 Å². The third-order valence-electron chi connectivity index (χ3n) is 3.61. The van der Waals surface area contributed by atoms with E-state index in [4.69, 9.17) is 16.6 Å². The van der Waals surface area contributed by atoms with E-state index in [9.17, 15) is 0 Å².